The average molecular weight is 224 g/mol. The predicted octanol–water partition coefficient (Wildman–Crippen LogP) is 0.877. The first-order chi connectivity index (χ1) is 3.81. The molecule has 0 fully saturated rings. The molecular formula is C5H9IN2. The third kappa shape index (κ3) is 4.34. The number of alkyl halides is 1. The van der Waals surface area contributed by atoms with Crippen molar-refractivity contribution in [1.29, 1.82) is 5.26 Å². The van der Waals surface area contributed by atoms with Crippen molar-refractivity contribution in [1.82, 2.24) is 4.90 Å². The molecule has 0 saturated carbocycles. The highest BCUT2D eigenvalue weighted by Gasteiger charge is 1.91. The number of halogens is 1. The van der Waals surface area contributed by atoms with Crippen LogP contribution in [0.1, 0.15) is 0 Å². The lowest BCUT2D eigenvalue weighted by Crippen LogP contribution is -2.20. The Labute approximate surface area is 63.6 Å². The Morgan fingerprint density at radius 3 is 2.75 bits per heavy atom. The number of nitrogens with zero attached hydrogens (tertiary/aromatic N) is 2. The first-order valence-electron chi connectivity index (χ1n) is 2.42. The zero-order valence-corrected chi connectivity index (χ0v) is 7.05. The molecule has 0 aliphatic carbocycles. The molecule has 0 aromatic rings. The fraction of sp³-hybridized carbons (Fsp3) is 0.800. The fourth-order valence-corrected chi connectivity index (χ4v) is 1.17. The Morgan fingerprint density at radius 2 is 2.38 bits per heavy atom. The van der Waals surface area contributed by atoms with E-state index in [1.807, 2.05) is 11.9 Å². The van der Waals surface area contributed by atoms with Gasteiger partial charge in [-0.05, 0) is 7.05 Å². The van der Waals surface area contributed by atoms with Crippen molar-refractivity contribution in [3.63, 3.8) is 0 Å². The Hall–Kier alpha value is 0.180. The van der Waals surface area contributed by atoms with E-state index in [1.54, 1.807) is 0 Å². The van der Waals surface area contributed by atoms with Gasteiger partial charge in [0, 0.05) is 11.0 Å². The number of hydrogen-bond acceptors (Lipinski definition) is 2. The first-order valence-corrected chi connectivity index (χ1v) is 3.95. The lowest BCUT2D eigenvalue weighted by Gasteiger charge is -2.07. The quantitative estimate of drug-likeness (QED) is 0.404. The van der Waals surface area contributed by atoms with E-state index in [-0.39, 0.29) is 0 Å². The van der Waals surface area contributed by atoms with Crippen molar-refractivity contribution in [3.8, 4) is 6.07 Å². The largest absolute Gasteiger partial charge is 0.293 e. The van der Waals surface area contributed by atoms with Gasteiger partial charge in [-0.15, -0.1) is 0 Å². The van der Waals surface area contributed by atoms with Crippen molar-refractivity contribution in [2.75, 3.05) is 24.6 Å². The second-order valence-corrected chi connectivity index (χ2v) is 2.66. The third-order valence-corrected chi connectivity index (χ3v) is 1.29. The molecule has 3 heteroatoms. The molecular weight excluding hydrogens is 215 g/mol. The maximum absolute atomic E-state index is 8.17. The van der Waals surface area contributed by atoms with Crippen LogP contribution in [0.4, 0.5) is 0 Å². The van der Waals surface area contributed by atoms with E-state index in [4.69, 9.17) is 5.26 Å². The SMILES string of the molecule is CN(CC#N)CCI. The van der Waals surface area contributed by atoms with Crippen LogP contribution in [0.2, 0.25) is 0 Å². The first kappa shape index (κ1) is 8.18. The van der Waals surface area contributed by atoms with Crippen LogP contribution < -0.4 is 0 Å². The third-order valence-electron chi connectivity index (χ3n) is 0.807. The van der Waals surface area contributed by atoms with Crippen molar-refractivity contribution in [2.45, 2.75) is 0 Å². The van der Waals surface area contributed by atoms with Gasteiger partial charge < -0.3 is 0 Å². The summed E-state index contributed by atoms with van der Waals surface area (Å²) >= 11 is 2.29. The van der Waals surface area contributed by atoms with E-state index in [2.05, 4.69) is 28.7 Å². The smallest absolute Gasteiger partial charge is 0.0863 e. The van der Waals surface area contributed by atoms with E-state index >= 15 is 0 Å². The van der Waals surface area contributed by atoms with Gasteiger partial charge in [0.2, 0.25) is 0 Å². The molecule has 0 bridgehead atoms. The minimum Gasteiger partial charge on any atom is -0.293 e. The minimum absolute atomic E-state index is 0.545. The maximum Gasteiger partial charge on any atom is 0.0863 e. The lowest BCUT2D eigenvalue weighted by atomic mass is 10.6. The van der Waals surface area contributed by atoms with Gasteiger partial charge in [-0.1, -0.05) is 22.6 Å². The molecule has 0 radical (unpaired) electrons. The van der Waals surface area contributed by atoms with Crippen LogP contribution in [-0.4, -0.2) is 29.5 Å². The van der Waals surface area contributed by atoms with Crippen molar-refractivity contribution >= 4 is 22.6 Å². The molecule has 0 aliphatic heterocycles. The second-order valence-electron chi connectivity index (χ2n) is 1.58. The highest BCUT2D eigenvalue weighted by Crippen LogP contribution is 1.84. The molecule has 0 saturated heterocycles. The molecule has 0 aromatic carbocycles. The Balaban J connectivity index is 3.08. The second kappa shape index (κ2) is 5.32. The van der Waals surface area contributed by atoms with Crippen LogP contribution in [0.25, 0.3) is 0 Å². The molecule has 8 heavy (non-hydrogen) atoms. The summed E-state index contributed by atoms with van der Waals surface area (Å²) in [5.41, 5.74) is 0. The van der Waals surface area contributed by atoms with Gasteiger partial charge in [-0.3, -0.25) is 4.90 Å². The molecule has 0 N–H and O–H groups in total. The van der Waals surface area contributed by atoms with Gasteiger partial charge in [0.25, 0.3) is 0 Å². The van der Waals surface area contributed by atoms with E-state index in [0.717, 1.165) is 11.0 Å². The molecule has 0 atom stereocenters. The number of hydrogen-bond donors (Lipinski definition) is 0. The summed E-state index contributed by atoms with van der Waals surface area (Å²) in [4.78, 5) is 1.99. The summed E-state index contributed by atoms with van der Waals surface area (Å²) in [7, 11) is 1.95. The molecule has 2 nitrogen and oxygen atoms in total. The molecule has 0 unspecified atom stereocenters. The van der Waals surface area contributed by atoms with E-state index in [0.29, 0.717) is 6.54 Å². The van der Waals surface area contributed by atoms with E-state index in [1.165, 1.54) is 0 Å². The topological polar surface area (TPSA) is 27.0 Å². The van der Waals surface area contributed by atoms with E-state index < -0.39 is 0 Å². The summed E-state index contributed by atoms with van der Waals surface area (Å²) in [6.45, 7) is 1.55. The number of rotatable bonds is 3. The molecule has 0 spiro atoms. The van der Waals surface area contributed by atoms with Crippen LogP contribution >= 0.6 is 22.6 Å². The molecule has 46 valence electrons. The van der Waals surface area contributed by atoms with Gasteiger partial charge in [-0.25, -0.2) is 0 Å². The van der Waals surface area contributed by atoms with Crippen molar-refractivity contribution < 1.29 is 0 Å². The normalized spacial score (nSPS) is 9.25. The Kier molecular flexibility index (Phi) is 5.44. The monoisotopic (exact) mass is 224 g/mol. The summed E-state index contributed by atoms with van der Waals surface area (Å²) in [5, 5.41) is 8.17. The summed E-state index contributed by atoms with van der Waals surface area (Å²) in [6.07, 6.45) is 0. The summed E-state index contributed by atoms with van der Waals surface area (Å²) in [6, 6.07) is 2.07. The van der Waals surface area contributed by atoms with E-state index in [9.17, 15) is 0 Å². The van der Waals surface area contributed by atoms with Crippen molar-refractivity contribution in [2.24, 2.45) is 0 Å². The van der Waals surface area contributed by atoms with Crippen LogP contribution in [0.15, 0.2) is 0 Å². The van der Waals surface area contributed by atoms with Crippen LogP contribution in [0.5, 0.6) is 0 Å². The van der Waals surface area contributed by atoms with Gasteiger partial charge in [0.1, 0.15) is 0 Å². The summed E-state index contributed by atoms with van der Waals surface area (Å²) in [5.74, 6) is 0. The maximum atomic E-state index is 8.17. The predicted molar refractivity (Wildman–Crippen MR) is 42.0 cm³/mol. The summed E-state index contributed by atoms with van der Waals surface area (Å²) < 4.78 is 1.09. The zero-order valence-electron chi connectivity index (χ0n) is 4.89. The molecule has 0 heterocycles. The molecule has 0 amide bonds. The van der Waals surface area contributed by atoms with Crippen LogP contribution in [0, 0.1) is 11.3 Å². The average Bonchev–Trinajstić information content (AvgIpc) is 1.68. The minimum atomic E-state index is 0.545. The molecule has 0 aliphatic rings. The van der Waals surface area contributed by atoms with Gasteiger partial charge in [0.15, 0.2) is 0 Å². The standard InChI is InChI=1S/C5H9IN2/c1-8(4-2-6)5-3-7/h2,4-5H2,1H3. The van der Waals surface area contributed by atoms with Gasteiger partial charge in [-0.2, -0.15) is 5.26 Å². The Morgan fingerprint density at radius 1 is 1.75 bits per heavy atom. The highest BCUT2D eigenvalue weighted by molar-refractivity contribution is 14.1. The van der Waals surface area contributed by atoms with Gasteiger partial charge >= 0.3 is 0 Å². The van der Waals surface area contributed by atoms with Crippen LogP contribution in [-0.2, 0) is 0 Å². The lowest BCUT2D eigenvalue weighted by molar-refractivity contribution is 0.402. The molecule has 0 rings (SSSR count). The van der Waals surface area contributed by atoms with Crippen LogP contribution in [0.3, 0.4) is 0 Å². The Bertz CT molecular complexity index is 86.9. The van der Waals surface area contributed by atoms with Crippen molar-refractivity contribution in [3.05, 3.63) is 0 Å². The number of nitriles is 1. The molecule has 0 aromatic heterocycles. The zero-order chi connectivity index (χ0) is 6.41. The fourth-order valence-electron chi connectivity index (χ4n) is 0.344. The van der Waals surface area contributed by atoms with Gasteiger partial charge in [0.05, 0.1) is 12.6 Å². The highest BCUT2D eigenvalue weighted by atomic mass is 127.